The highest BCUT2D eigenvalue weighted by molar-refractivity contribution is 7.12. The van der Waals surface area contributed by atoms with Crippen LogP contribution in [-0.4, -0.2) is 30.4 Å². The van der Waals surface area contributed by atoms with Crippen molar-refractivity contribution in [2.45, 2.75) is 20.0 Å². The smallest absolute Gasteiger partial charge is 0.319 e. The highest BCUT2D eigenvalue weighted by Crippen LogP contribution is 2.17. The molecule has 0 radical (unpaired) electrons. The molecule has 0 unspecified atom stereocenters. The highest BCUT2D eigenvalue weighted by Gasteiger charge is 2.08. The van der Waals surface area contributed by atoms with Gasteiger partial charge in [-0.3, -0.25) is 4.79 Å². The number of benzene rings is 2. The van der Waals surface area contributed by atoms with E-state index in [0.29, 0.717) is 22.8 Å². The molecule has 0 bridgehead atoms. The topological polar surface area (TPSA) is 73.5 Å². The molecule has 0 aliphatic heterocycles. The fraction of sp³-hybridized carbons (Fsp3) is 0.217. The van der Waals surface area contributed by atoms with Crippen molar-refractivity contribution >= 4 is 34.6 Å². The number of hydrogen-bond acceptors (Lipinski definition) is 4. The molecule has 3 N–H and O–H groups in total. The first kappa shape index (κ1) is 21.5. The summed E-state index contributed by atoms with van der Waals surface area (Å²) in [6.07, 6.45) is 0. The van der Waals surface area contributed by atoms with Gasteiger partial charge in [0.25, 0.3) is 5.91 Å². The van der Waals surface area contributed by atoms with Crippen LogP contribution in [0.4, 0.5) is 16.2 Å². The van der Waals surface area contributed by atoms with Crippen LogP contribution < -0.4 is 16.0 Å². The van der Waals surface area contributed by atoms with Crippen molar-refractivity contribution in [1.29, 1.82) is 0 Å². The Balaban J connectivity index is 1.53. The van der Waals surface area contributed by atoms with Gasteiger partial charge in [0.05, 0.1) is 4.88 Å². The van der Waals surface area contributed by atoms with Gasteiger partial charge in [-0.1, -0.05) is 43.3 Å². The van der Waals surface area contributed by atoms with Crippen LogP contribution in [0.2, 0.25) is 0 Å². The van der Waals surface area contributed by atoms with Crippen molar-refractivity contribution in [3.63, 3.8) is 0 Å². The minimum atomic E-state index is -0.298. The van der Waals surface area contributed by atoms with Gasteiger partial charge in [0.15, 0.2) is 0 Å². The van der Waals surface area contributed by atoms with Crippen LogP contribution in [0.3, 0.4) is 0 Å². The molecule has 0 saturated heterocycles. The predicted octanol–water partition coefficient (Wildman–Crippen LogP) is 4.77. The number of hydrogen-bond donors (Lipinski definition) is 3. The summed E-state index contributed by atoms with van der Waals surface area (Å²) in [6.45, 7) is 4.42. The number of urea groups is 1. The van der Waals surface area contributed by atoms with Crippen molar-refractivity contribution in [3.05, 3.63) is 82.0 Å². The fourth-order valence-corrected chi connectivity index (χ4v) is 3.51. The third kappa shape index (κ3) is 6.43. The van der Waals surface area contributed by atoms with E-state index in [4.69, 9.17) is 0 Å². The molecule has 7 heteroatoms. The molecule has 3 rings (SSSR count). The number of anilines is 2. The molecule has 0 aliphatic carbocycles. The van der Waals surface area contributed by atoms with Gasteiger partial charge in [0.1, 0.15) is 0 Å². The summed E-state index contributed by atoms with van der Waals surface area (Å²) in [5, 5.41) is 10.4. The molecule has 2 aromatic carbocycles. The van der Waals surface area contributed by atoms with Crippen LogP contribution in [-0.2, 0) is 13.1 Å². The van der Waals surface area contributed by atoms with Crippen molar-refractivity contribution in [2.24, 2.45) is 0 Å². The second kappa shape index (κ2) is 10.6. The maximum absolute atomic E-state index is 12.3. The van der Waals surface area contributed by atoms with Crippen LogP contribution in [0.25, 0.3) is 0 Å². The number of rotatable bonds is 8. The molecular formula is C23H26N4O2S. The highest BCUT2D eigenvalue weighted by atomic mass is 32.1. The third-order valence-corrected chi connectivity index (χ3v) is 5.43. The third-order valence-electron chi connectivity index (χ3n) is 4.56. The Labute approximate surface area is 180 Å². The van der Waals surface area contributed by atoms with Crippen LogP contribution >= 0.6 is 11.3 Å². The van der Waals surface area contributed by atoms with Gasteiger partial charge >= 0.3 is 6.03 Å². The molecular weight excluding hydrogens is 396 g/mol. The fourth-order valence-electron chi connectivity index (χ4n) is 2.89. The first-order valence-electron chi connectivity index (χ1n) is 9.79. The second-order valence-corrected chi connectivity index (χ2v) is 7.92. The Morgan fingerprint density at radius 2 is 1.67 bits per heavy atom. The summed E-state index contributed by atoms with van der Waals surface area (Å²) in [7, 11) is 2.08. The summed E-state index contributed by atoms with van der Waals surface area (Å²) < 4.78 is 0. The van der Waals surface area contributed by atoms with E-state index in [0.717, 1.165) is 18.7 Å². The Hall–Kier alpha value is -3.16. The summed E-state index contributed by atoms with van der Waals surface area (Å²) in [4.78, 5) is 27.3. The minimum absolute atomic E-state index is 0.166. The summed E-state index contributed by atoms with van der Waals surface area (Å²) in [6, 6.07) is 18.6. The van der Waals surface area contributed by atoms with Gasteiger partial charge in [-0.2, -0.15) is 0 Å². The minimum Gasteiger partial charge on any atom is -0.334 e. The van der Waals surface area contributed by atoms with Crippen molar-refractivity contribution < 1.29 is 9.59 Å². The second-order valence-electron chi connectivity index (χ2n) is 6.97. The lowest BCUT2D eigenvalue weighted by molar-refractivity contribution is 0.103. The average Bonchev–Trinajstić information content (AvgIpc) is 3.28. The van der Waals surface area contributed by atoms with Gasteiger partial charge in [-0.15, -0.1) is 11.3 Å². The molecule has 0 aliphatic rings. The first-order valence-corrected chi connectivity index (χ1v) is 10.7. The average molecular weight is 423 g/mol. The molecule has 30 heavy (non-hydrogen) atoms. The summed E-state index contributed by atoms with van der Waals surface area (Å²) in [5.74, 6) is -0.166. The molecule has 1 heterocycles. The molecule has 3 amide bonds. The van der Waals surface area contributed by atoms with E-state index in [1.165, 1.54) is 16.9 Å². The zero-order chi connectivity index (χ0) is 21.3. The van der Waals surface area contributed by atoms with Crippen LogP contribution in [0.5, 0.6) is 0 Å². The lowest BCUT2D eigenvalue weighted by Crippen LogP contribution is -2.28. The monoisotopic (exact) mass is 422 g/mol. The first-order chi connectivity index (χ1) is 14.5. The molecule has 0 fully saturated rings. The largest absolute Gasteiger partial charge is 0.334 e. The summed E-state index contributed by atoms with van der Waals surface area (Å²) in [5.41, 5.74) is 3.49. The Morgan fingerprint density at radius 3 is 2.40 bits per heavy atom. The molecule has 0 atom stereocenters. The number of carbonyl (C=O) groups excluding carboxylic acids is 2. The van der Waals surface area contributed by atoms with Crippen molar-refractivity contribution in [2.75, 3.05) is 24.2 Å². The summed E-state index contributed by atoms with van der Waals surface area (Å²) >= 11 is 1.38. The van der Waals surface area contributed by atoms with Gasteiger partial charge in [-0.05, 0) is 54.4 Å². The van der Waals surface area contributed by atoms with E-state index >= 15 is 0 Å². The van der Waals surface area contributed by atoms with E-state index in [-0.39, 0.29) is 11.9 Å². The lowest BCUT2D eigenvalue weighted by atomic mass is 10.1. The Morgan fingerprint density at radius 1 is 0.933 bits per heavy atom. The standard InChI is InChI=1S/C23H26N4O2S/c1-3-27(2)16-18-8-4-7-17(13-18)15-24-23(29)26-20-10-5-9-19(14-20)25-22(28)21-11-6-12-30-21/h4-14H,3,15-16H2,1-2H3,(H,25,28)(H2,24,26,29). The number of carbonyl (C=O) groups is 2. The van der Waals surface area contributed by atoms with E-state index in [2.05, 4.69) is 47.0 Å². The Bertz CT molecular complexity index is 988. The van der Waals surface area contributed by atoms with Crippen molar-refractivity contribution in [3.8, 4) is 0 Å². The van der Waals surface area contributed by atoms with Crippen LogP contribution in [0, 0.1) is 0 Å². The van der Waals surface area contributed by atoms with E-state index in [1.54, 1.807) is 30.3 Å². The SMILES string of the molecule is CCN(C)Cc1cccc(CNC(=O)Nc2cccc(NC(=O)c3cccs3)c2)c1. The zero-order valence-electron chi connectivity index (χ0n) is 17.1. The zero-order valence-corrected chi connectivity index (χ0v) is 18.0. The lowest BCUT2D eigenvalue weighted by Gasteiger charge is -2.14. The van der Waals surface area contributed by atoms with E-state index < -0.39 is 0 Å². The molecule has 156 valence electrons. The van der Waals surface area contributed by atoms with Gasteiger partial charge in [-0.25, -0.2) is 4.79 Å². The van der Waals surface area contributed by atoms with Gasteiger partial charge in [0, 0.05) is 24.5 Å². The predicted molar refractivity (Wildman–Crippen MR) is 123 cm³/mol. The molecule has 0 spiro atoms. The van der Waals surface area contributed by atoms with Gasteiger partial charge in [0.2, 0.25) is 0 Å². The van der Waals surface area contributed by atoms with Crippen LogP contribution in [0.1, 0.15) is 27.7 Å². The molecule has 1 aromatic heterocycles. The number of thiophene rings is 1. The normalized spacial score (nSPS) is 10.6. The maximum atomic E-state index is 12.3. The van der Waals surface area contributed by atoms with Gasteiger partial charge < -0.3 is 20.9 Å². The quantitative estimate of drug-likeness (QED) is 0.489. The molecule has 0 saturated carbocycles. The maximum Gasteiger partial charge on any atom is 0.319 e. The number of amides is 3. The Kier molecular flexibility index (Phi) is 7.59. The molecule has 6 nitrogen and oxygen atoms in total. The number of nitrogens with zero attached hydrogens (tertiary/aromatic N) is 1. The molecule has 3 aromatic rings. The van der Waals surface area contributed by atoms with Crippen LogP contribution in [0.15, 0.2) is 66.0 Å². The van der Waals surface area contributed by atoms with E-state index in [9.17, 15) is 9.59 Å². The van der Waals surface area contributed by atoms with Crippen molar-refractivity contribution in [1.82, 2.24) is 10.2 Å². The van der Waals surface area contributed by atoms with E-state index in [1.807, 2.05) is 23.6 Å². The number of nitrogens with one attached hydrogen (secondary N) is 3.